The molecule has 3 amide bonds. The van der Waals surface area contributed by atoms with Crippen LogP contribution in [0, 0.1) is 11.6 Å². The van der Waals surface area contributed by atoms with E-state index in [2.05, 4.69) is 10.6 Å². The second-order valence-electron chi connectivity index (χ2n) is 7.25. The van der Waals surface area contributed by atoms with Crippen LogP contribution in [0.15, 0.2) is 53.4 Å². The average molecular weight is 483 g/mol. The molecule has 12 heteroatoms. The quantitative estimate of drug-likeness (QED) is 0.584. The first-order chi connectivity index (χ1) is 15.7. The number of rotatable bonds is 7. The number of urea groups is 1. The first-order valence-corrected chi connectivity index (χ1v) is 11.5. The fraction of sp³-hybridized carbons (Fsp3) is 0.333. The molecule has 0 aliphatic carbocycles. The van der Waals surface area contributed by atoms with E-state index in [4.69, 9.17) is 4.74 Å². The highest BCUT2D eigenvalue weighted by molar-refractivity contribution is 7.89. The summed E-state index contributed by atoms with van der Waals surface area (Å²) in [4.78, 5) is 26.7. The minimum absolute atomic E-state index is 0.00923. The highest BCUT2D eigenvalue weighted by atomic mass is 32.2. The lowest BCUT2D eigenvalue weighted by atomic mass is 10.2. The van der Waals surface area contributed by atoms with Gasteiger partial charge in [-0.2, -0.15) is 4.31 Å². The molecule has 178 valence electrons. The number of carbonyl (C=O) groups is 2. The molecule has 0 bridgehead atoms. The maximum atomic E-state index is 13.3. The molecule has 33 heavy (non-hydrogen) atoms. The van der Waals surface area contributed by atoms with Crippen LogP contribution in [0.5, 0.6) is 0 Å². The van der Waals surface area contributed by atoms with E-state index in [1.807, 2.05) is 0 Å². The molecule has 1 aliphatic rings. The number of hydrogen-bond acceptors (Lipinski definition) is 5. The number of amides is 3. The number of anilines is 1. The van der Waals surface area contributed by atoms with E-state index in [0.717, 1.165) is 28.6 Å². The van der Waals surface area contributed by atoms with Gasteiger partial charge in [-0.05, 0) is 48.5 Å². The fourth-order valence-corrected chi connectivity index (χ4v) is 4.89. The Bertz CT molecular complexity index is 1080. The summed E-state index contributed by atoms with van der Waals surface area (Å²) in [6.45, 7) is 0.0104. The van der Waals surface area contributed by atoms with E-state index in [1.165, 1.54) is 36.3 Å². The zero-order valence-corrected chi connectivity index (χ0v) is 18.6. The summed E-state index contributed by atoms with van der Waals surface area (Å²) >= 11 is 0. The number of piperazine rings is 1. The van der Waals surface area contributed by atoms with Crippen LogP contribution in [0.25, 0.3) is 0 Å². The van der Waals surface area contributed by atoms with Crippen molar-refractivity contribution in [3.8, 4) is 0 Å². The number of carbonyl (C=O) groups excluding carboxylic acids is 2. The third-order valence-corrected chi connectivity index (χ3v) is 6.96. The van der Waals surface area contributed by atoms with Gasteiger partial charge in [-0.25, -0.2) is 22.0 Å². The van der Waals surface area contributed by atoms with Gasteiger partial charge >= 0.3 is 6.03 Å². The lowest BCUT2D eigenvalue weighted by molar-refractivity contribution is -0.126. The molecule has 0 spiro atoms. The van der Waals surface area contributed by atoms with Gasteiger partial charge in [-0.3, -0.25) is 4.79 Å². The Hall–Kier alpha value is -3.09. The Kier molecular flexibility index (Phi) is 7.95. The van der Waals surface area contributed by atoms with Gasteiger partial charge in [0, 0.05) is 39.0 Å². The molecule has 1 heterocycles. The summed E-state index contributed by atoms with van der Waals surface area (Å²) in [6.07, 6.45) is 0. The third-order valence-electron chi connectivity index (χ3n) is 5.04. The zero-order chi connectivity index (χ0) is 24.0. The van der Waals surface area contributed by atoms with Crippen molar-refractivity contribution in [1.29, 1.82) is 0 Å². The largest absolute Gasteiger partial charge is 0.383 e. The molecule has 1 unspecified atom stereocenters. The van der Waals surface area contributed by atoms with E-state index in [-0.39, 0.29) is 37.7 Å². The van der Waals surface area contributed by atoms with Crippen LogP contribution in [0.2, 0.25) is 0 Å². The topological polar surface area (TPSA) is 108 Å². The van der Waals surface area contributed by atoms with Gasteiger partial charge < -0.3 is 20.3 Å². The molecule has 3 rings (SSSR count). The minimum atomic E-state index is -4.14. The Morgan fingerprint density at radius 3 is 2.24 bits per heavy atom. The van der Waals surface area contributed by atoms with Crippen molar-refractivity contribution in [2.24, 2.45) is 0 Å². The van der Waals surface area contributed by atoms with E-state index < -0.39 is 39.6 Å². The molecular formula is C21H24F2N4O5S. The molecule has 2 aromatic rings. The summed E-state index contributed by atoms with van der Waals surface area (Å²) in [5.74, 6) is -1.65. The zero-order valence-electron chi connectivity index (χ0n) is 17.8. The fourth-order valence-electron chi connectivity index (χ4n) is 3.32. The molecule has 2 N–H and O–H groups in total. The van der Waals surface area contributed by atoms with Crippen molar-refractivity contribution in [2.75, 3.05) is 45.2 Å². The van der Waals surface area contributed by atoms with Crippen LogP contribution in [-0.4, -0.2) is 75.5 Å². The Balaban J connectivity index is 1.81. The smallest absolute Gasteiger partial charge is 0.321 e. The van der Waals surface area contributed by atoms with Crippen molar-refractivity contribution in [2.45, 2.75) is 10.9 Å². The second-order valence-corrected chi connectivity index (χ2v) is 9.14. The number of nitrogens with one attached hydrogen (secondary N) is 2. The van der Waals surface area contributed by atoms with Gasteiger partial charge in [0.15, 0.2) is 0 Å². The first kappa shape index (κ1) is 24.6. The molecule has 1 atom stereocenters. The van der Waals surface area contributed by atoms with E-state index >= 15 is 0 Å². The van der Waals surface area contributed by atoms with Crippen LogP contribution in [0.4, 0.5) is 19.3 Å². The molecule has 0 aromatic heterocycles. The Morgan fingerprint density at radius 2 is 1.64 bits per heavy atom. The van der Waals surface area contributed by atoms with Crippen molar-refractivity contribution in [1.82, 2.24) is 14.5 Å². The molecule has 1 aliphatic heterocycles. The number of benzene rings is 2. The molecule has 0 saturated carbocycles. The van der Waals surface area contributed by atoms with E-state index in [9.17, 15) is 26.8 Å². The van der Waals surface area contributed by atoms with Crippen molar-refractivity contribution < 1.29 is 31.5 Å². The average Bonchev–Trinajstić information content (AvgIpc) is 2.80. The van der Waals surface area contributed by atoms with Gasteiger partial charge in [0.05, 0.1) is 11.5 Å². The van der Waals surface area contributed by atoms with Crippen molar-refractivity contribution in [3.05, 3.63) is 60.2 Å². The predicted molar refractivity (Wildman–Crippen MR) is 116 cm³/mol. The van der Waals surface area contributed by atoms with Gasteiger partial charge in [0.2, 0.25) is 15.9 Å². The summed E-state index contributed by atoms with van der Waals surface area (Å²) in [6, 6.07) is 7.66. The number of methoxy groups -OCH3 is 1. The van der Waals surface area contributed by atoms with Gasteiger partial charge in [-0.15, -0.1) is 0 Å². The maximum Gasteiger partial charge on any atom is 0.321 e. The first-order valence-electron chi connectivity index (χ1n) is 10.1. The molecule has 1 saturated heterocycles. The Labute approximate surface area is 190 Å². The highest BCUT2D eigenvalue weighted by Gasteiger charge is 2.41. The standard InChI is InChI=1S/C21H24F2N4O5S/c1-32-13-10-24-20(28)19-14-26(21(29)25-17-6-2-15(22)3-7-17)11-12-27(19)33(30,31)18-8-4-16(23)5-9-18/h2-9,19H,10-14H2,1H3,(H,24,28)(H,25,29). The molecule has 2 aromatic carbocycles. The second kappa shape index (κ2) is 10.7. The number of hydrogen-bond donors (Lipinski definition) is 2. The molecule has 1 fully saturated rings. The molecular weight excluding hydrogens is 458 g/mol. The normalized spacial score (nSPS) is 16.9. The van der Waals surface area contributed by atoms with Crippen molar-refractivity contribution >= 4 is 27.6 Å². The van der Waals surface area contributed by atoms with Crippen LogP contribution in [-0.2, 0) is 19.6 Å². The van der Waals surface area contributed by atoms with Crippen LogP contribution in [0.1, 0.15) is 0 Å². The summed E-state index contributed by atoms with van der Waals surface area (Å²) in [5.41, 5.74) is 0.351. The summed E-state index contributed by atoms with van der Waals surface area (Å²) in [7, 11) is -2.68. The van der Waals surface area contributed by atoms with Gasteiger partial charge in [0.1, 0.15) is 17.7 Å². The maximum absolute atomic E-state index is 13.3. The minimum Gasteiger partial charge on any atom is -0.383 e. The molecule has 9 nitrogen and oxygen atoms in total. The van der Waals surface area contributed by atoms with Gasteiger partial charge in [-0.1, -0.05) is 0 Å². The SMILES string of the molecule is COCCNC(=O)C1CN(C(=O)Nc2ccc(F)cc2)CCN1S(=O)(=O)c1ccc(F)cc1. The van der Waals surface area contributed by atoms with Crippen LogP contribution in [0.3, 0.4) is 0 Å². The lowest BCUT2D eigenvalue weighted by Gasteiger charge is -2.39. The number of sulfonamides is 1. The predicted octanol–water partition coefficient (Wildman–Crippen LogP) is 1.63. The number of nitrogens with zero attached hydrogens (tertiary/aromatic N) is 2. The van der Waals surface area contributed by atoms with E-state index in [1.54, 1.807) is 0 Å². The number of halogens is 2. The van der Waals surface area contributed by atoms with Crippen molar-refractivity contribution in [3.63, 3.8) is 0 Å². The third kappa shape index (κ3) is 6.03. The van der Waals surface area contributed by atoms with Crippen LogP contribution < -0.4 is 10.6 Å². The highest BCUT2D eigenvalue weighted by Crippen LogP contribution is 2.23. The summed E-state index contributed by atoms with van der Waals surface area (Å²) in [5, 5.41) is 5.20. The van der Waals surface area contributed by atoms with Crippen LogP contribution >= 0.6 is 0 Å². The Morgan fingerprint density at radius 1 is 1.03 bits per heavy atom. The summed E-state index contributed by atoms with van der Waals surface area (Å²) < 4.78 is 58.7. The van der Waals surface area contributed by atoms with Gasteiger partial charge in [0.25, 0.3) is 0 Å². The monoisotopic (exact) mass is 482 g/mol. The molecule has 0 radical (unpaired) electrons. The van der Waals surface area contributed by atoms with E-state index in [0.29, 0.717) is 5.69 Å². The lowest BCUT2D eigenvalue weighted by Crippen LogP contribution is -2.62. The number of ether oxygens (including phenoxy) is 1.